The van der Waals surface area contributed by atoms with E-state index in [0.29, 0.717) is 17.6 Å². The highest BCUT2D eigenvalue weighted by atomic mass is 32.1. The van der Waals surface area contributed by atoms with Gasteiger partial charge < -0.3 is 4.40 Å². The summed E-state index contributed by atoms with van der Waals surface area (Å²) in [6.07, 6.45) is 0. The number of rotatable bonds is 5. The Morgan fingerprint density at radius 1 is 0.351 bits per heavy atom. The number of benzene rings is 8. The smallest absolute Gasteiger partial charge is 0.238 e. The molecule has 0 aliphatic carbocycles. The summed E-state index contributed by atoms with van der Waals surface area (Å²) in [4.78, 5) is 15.7. The van der Waals surface area contributed by atoms with Gasteiger partial charge in [0.1, 0.15) is 0 Å². The van der Waals surface area contributed by atoms with Gasteiger partial charge in [0.2, 0.25) is 5.95 Å². The summed E-state index contributed by atoms with van der Waals surface area (Å²) in [5.41, 5.74) is 12.4. The molecule has 0 fully saturated rings. The lowest BCUT2D eigenvalue weighted by Crippen LogP contribution is -2.06. The maximum Gasteiger partial charge on any atom is 0.238 e. The molecule has 0 aliphatic rings. The zero-order valence-electron chi connectivity index (χ0n) is 30.4. The van der Waals surface area contributed by atoms with Crippen molar-refractivity contribution in [3.05, 3.63) is 176 Å². The molecule has 5 heterocycles. The number of nitrogens with zero attached hydrogens (tertiary/aromatic N) is 5. The molecule has 0 bridgehead atoms. The summed E-state index contributed by atoms with van der Waals surface area (Å²) in [6, 6.07) is 62.7. The Balaban J connectivity index is 1.06. The first-order chi connectivity index (χ1) is 28.3. The van der Waals surface area contributed by atoms with Crippen molar-refractivity contribution in [2.24, 2.45) is 0 Å². The van der Waals surface area contributed by atoms with E-state index in [9.17, 15) is 0 Å². The van der Waals surface area contributed by atoms with Crippen LogP contribution in [0.2, 0.25) is 0 Å². The molecule has 0 amide bonds. The molecule has 0 saturated heterocycles. The van der Waals surface area contributed by atoms with Crippen LogP contribution in [-0.2, 0) is 0 Å². The summed E-state index contributed by atoms with van der Waals surface area (Å²) in [5, 5.41) is 7.64. The van der Waals surface area contributed by atoms with Gasteiger partial charge in [-0.05, 0) is 64.7 Å². The van der Waals surface area contributed by atoms with Crippen LogP contribution in [0.1, 0.15) is 0 Å². The van der Waals surface area contributed by atoms with Crippen molar-refractivity contribution in [1.29, 1.82) is 0 Å². The molecule has 6 heteroatoms. The van der Waals surface area contributed by atoms with Gasteiger partial charge in [-0.25, -0.2) is 4.98 Å². The average Bonchev–Trinajstić information content (AvgIpc) is 3.91. The van der Waals surface area contributed by atoms with Crippen LogP contribution in [-0.4, -0.2) is 23.9 Å². The van der Waals surface area contributed by atoms with Gasteiger partial charge >= 0.3 is 0 Å². The van der Waals surface area contributed by atoms with Crippen molar-refractivity contribution in [2.45, 2.75) is 0 Å². The number of hydrogen-bond acceptors (Lipinski definition) is 4. The van der Waals surface area contributed by atoms with Crippen LogP contribution in [0, 0.1) is 0 Å². The fraction of sp³-hybridized carbons (Fsp3) is 0. The van der Waals surface area contributed by atoms with Gasteiger partial charge in [0.05, 0.1) is 27.6 Å². The van der Waals surface area contributed by atoms with Crippen molar-refractivity contribution in [2.75, 3.05) is 0 Å². The third-order valence-corrected chi connectivity index (χ3v) is 12.8. The fourth-order valence-corrected chi connectivity index (χ4v) is 10.3. The maximum absolute atomic E-state index is 5.32. The molecule has 8 aromatic carbocycles. The molecule has 5 nitrogen and oxygen atoms in total. The Hall–Kier alpha value is -7.41. The molecule has 5 aromatic heterocycles. The van der Waals surface area contributed by atoms with Crippen LogP contribution in [0.5, 0.6) is 0 Å². The molecular formula is C51H29N5S. The lowest BCUT2D eigenvalue weighted by molar-refractivity contribution is 0.954. The first-order valence-electron chi connectivity index (χ1n) is 19.2. The summed E-state index contributed by atoms with van der Waals surface area (Å²) in [5.74, 6) is 1.86. The second-order valence-electron chi connectivity index (χ2n) is 14.8. The van der Waals surface area contributed by atoms with E-state index in [0.717, 1.165) is 33.3 Å². The van der Waals surface area contributed by atoms with E-state index in [1.807, 2.05) is 29.5 Å². The van der Waals surface area contributed by atoms with Crippen LogP contribution in [0.25, 0.3) is 120 Å². The number of para-hydroxylation sites is 1. The Kier molecular flexibility index (Phi) is 6.26. The third-order valence-electron chi connectivity index (χ3n) is 11.7. The molecular weight excluding hydrogens is 715 g/mol. The molecule has 0 N–H and O–H groups in total. The van der Waals surface area contributed by atoms with Crippen molar-refractivity contribution >= 4 is 80.6 Å². The molecule has 0 spiro atoms. The predicted molar refractivity (Wildman–Crippen MR) is 237 cm³/mol. The summed E-state index contributed by atoms with van der Waals surface area (Å²) < 4.78 is 7.34. The monoisotopic (exact) mass is 743 g/mol. The number of fused-ring (bicyclic) bond motifs is 4. The Morgan fingerprint density at radius 3 is 1.70 bits per heavy atom. The minimum Gasteiger partial charge on any atom is -0.308 e. The summed E-state index contributed by atoms with van der Waals surface area (Å²) >= 11 is 1.87. The topological polar surface area (TPSA) is 48.0 Å². The standard InChI is InChI=1S/C51H29N5S/c1-3-11-30(12-4-1)34-15-9-16-35(29-34)31-21-23-33(24-22-31)50-52-49(32-13-5-2-6-14-32)53-51(54-50)56-40-20-10-19-39-44(40)45-41(56)26-28-42-46(45)47-43(57-42)27-25-37-36-17-7-8-18-38(36)55(39)48(37)47/h1-29H. The van der Waals surface area contributed by atoms with Crippen LogP contribution in [0.4, 0.5) is 0 Å². The molecule has 13 aromatic rings. The lowest BCUT2D eigenvalue weighted by Gasteiger charge is -2.12. The van der Waals surface area contributed by atoms with Gasteiger partial charge in [-0.3, -0.25) is 4.57 Å². The fourth-order valence-electron chi connectivity index (χ4n) is 9.21. The molecule has 0 aliphatic heterocycles. The van der Waals surface area contributed by atoms with Gasteiger partial charge in [-0.1, -0.05) is 133 Å². The third kappa shape index (κ3) is 4.36. The highest BCUT2D eigenvalue weighted by Crippen LogP contribution is 2.50. The molecule has 13 rings (SSSR count). The highest BCUT2D eigenvalue weighted by molar-refractivity contribution is 7.26. The van der Waals surface area contributed by atoms with Crippen molar-refractivity contribution < 1.29 is 0 Å². The summed E-state index contributed by atoms with van der Waals surface area (Å²) in [6.45, 7) is 0. The normalized spacial score (nSPS) is 12.2. The van der Waals surface area contributed by atoms with Crippen LogP contribution in [0.3, 0.4) is 0 Å². The first-order valence-corrected chi connectivity index (χ1v) is 20.0. The van der Waals surface area contributed by atoms with Gasteiger partial charge in [-0.15, -0.1) is 11.3 Å². The predicted octanol–water partition coefficient (Wildman–Crippen LogP) is 13.4. The minimum atomic E-state index is 0.595. The number of aromatic nitrogens is 5. The highest BCUT2D eigenvalue weighted by Gasteiger charge is 2.26. The average molecular weight is 744 g/mol. The van der Waals surface area contributed by atoms with Crippen LogP contribution < -0.4 is 0 Å². The SMILES string of the molecule is c1ccc(-c2cccc(-c3ccc(-c4nc(-c5ccccc5)nc(-n5c6ccc7sc8ccc9c%10ccccc%10n%10c%11cccc5c%11c6c7c8c9%10)n4)cc3)c2)cc1. The van der Waals surface area contributed by atoms with E-state index in [1.54, 1.807) is 0 Å². The van der Waals surface area contributed by atoms with Crippen molar-refractivity contribution in [1.82, 2.24) is 23.9 Å². The molecule has 0 radical (unpaired) electrons. The lowest BCUT2D eigenvalue weighted by atomic mass is 9.98. The molecule has 0 saturated carbocycles. The molecule has 0 unspecified atom stereocenters. The van der Waals surface area contributed by atoms with E-state index in [2.05, 4.69) is 167 Å². The number of hydrogen-bond donors (Lipinski definition) is 0. The largest absolute Gasteiger partial charge is 0.308 e. The van der Waals surface area contributed by atoms with Crippen LogP contribution in [0.15, 0.2) is 176 Å². The molecule has 0 atom stereocenters. The van der Waals surface area contributed by atoms with Crippen molar-refractivity contribution in [3.8, 4) is 51.0 Å². The van der Waals surface area contributed by atoms with E-state index in [-0.39, 0.29) is 0 Å². The Labute approximate surface area is 330 Å². The molecule has 264 valence electrons. The summed E-state index contributed by atoms with van der Waals surface area (Å²) in [7, 11) is 0. The second kappa shape index (κ2) is 11.6. The van der Waals surface area contributed by atoms with Gasteiger partial charge in [-0.2, -0.15) is 9.97 Å². The number of thiophene rings is 1. The first kappa shape index (κ1) is 30.9. The van der Waals surface area contributed by atoms with E-state index < -0.39 is 0 Å². The van der Waals surface area contributed by atoms with Crippen LogP contribution >= 0.6 is 11.3 Å². The maximum atomic E-state index is 5.32. The zero-order valence-corrected chi connectivity index (χ0v) is 31.2. The van der Waals surface area contributed by atoms with Crippen molar-refractivity contribution in [3.63, 3.8) is 0 Å². The molecule has 57 heavy (non-hydrogen) atoms. The van der Waals surface area contributed by atoms with E-state index in [1.165, 1.54) is 69.4 Å². The second-order valence-corrected chi connectivity index (χ2v) is 15.9. The quantitative estimate of drug-likeness (QED) is 0.176. The Morgan fingerprint density at radius 2 is 0.912 bits per heavy atom. The van der Waals surface area contributed by atoms with E-state index in [4.69, 9.17) is 15.0 Å². The van der Waals surface area contributed by atoms with Gasteiger partial charge in [0, 0.05) is 52.8 Å². The minimum absolute atomic E-state index is 0.595. The zero-order chi connectivity index (χ0) is 37.2. The van der Waals surface area contributed by atoms with Gasteiger partial charge in [0.15, 0.2) is 11.6 Å². The Bertz CT molecular complexity index is 3670. The van der Waals surface area contributed by atoms with E-state index >= 15 is 0 Å². The van der Waals surface area contributed by atoms with Gasteiger partial charge in [0.25, 0.3) is 0 Å².